The van der Waals surface area contributed by atoms with Crippen molar-refractivity contribution in [2.75, 3.05) is 13.2 Å². The number of hydrogen-bond acceptors (Lipinski definition) is 9. The van der Waals surface area contributed by atoms with E-state index >= 15 is 0 Å². The van der Waals surface area contributed by atoms with Crippen LogP contribution in [0.15, 0.2) is 35.5 Å². The average Bonchev–Trinajstić information content (AvgIpc) is 3.40. The molecule has 0 saturated carbocycles. The van der Waals surface area contributed by atoms with Crippen molar-refractivity contribution in [3.05, 3.63) is 35.5 Å². The van der Waals surface area contributed by atoms with Crippen molar-refractivity contribution >= 4 is 5.97 Å². The van der Waals surface area contributed by atoms with Crippen LogP contribution in [0, 0.1) is 17.8 Å². The van der Waals surface area contributed by atoms with Gasteiger partial charge in [0.1, 0.15) is 29.8 Å². The standard InChI is InChI=1S/C32H46O9/c1-5-25-19(3)9-10-31(40-25)15-23-12-22(39-31)13-26-30(4,41-26)14-18(2)7-6-8-21-17-37-28-27(34)20(16-33)11-24(29(35)38-23)32(21,28)36/h6-8,11,18-19,22-28,33-34,36H,5,9-10,12-17H2,1-4H3/b7-6+,21-8+/t18-,19-,22-,23-,24-,25?,26+,27+,28+,30-,31+,32+/m0/s1. The van der Waals surface area contributed by atoms with E-state index in [-0.39, 0.29) is 42.0 Å². The number of allylic oxidation sites excluding steroid dienone is 3. The fourth-order valence-electron chi connectivity index (χ4n) is 8.00. The quantitative estimate of drug-likeness (QED) is 0.259. The molecule has 1 aliphatic carbocycles. The van der Waals surface area contributed by atoms with Gasteiger partial charge in [-0.2, -0.15) is 0 Å². The molecular formula is C32H46O9. The molecule has 4 fully saturated rings. The van der Waals surface area contributed by atoms with Crippen molar-refractivity contribution in [1.82, 2.24) is 0 Å². The van der Waals surface area contributed by atoms with E-state index in [0.29, 0.717) is 30.8 Å². The fourth-order valence-corrected chi connectivity index (χ4v) is 8.00. The summed E-state index contributed by atoms with van der Waals surface area (Å²) in [5.41, 5.74) is -1.33. The van der Waals surface area contributed by atoms with Gasteiger partial charge in [-0.3, -0.25) is 4.79 Å². The molecule has 4 saturated heterocycles. The minimum Gasteiger partial charge on any atom is -0.462 e. The number of aliphatic hydroxyl groups excluding tert-OH is 2. The Morgan fingerprint density at radius 2 is 1.90 bits per heavy atom. The van der Waals surface area contributed by atoms with Crippen molar-refractivity contribution in [1.29, 1.82) is 0 Å². The Labute approximate surface area is 242 Å². The van der Waals surface area contributed by atoms with Crippen LogP contribution in [0.1, 0.15) is 72.6 Å². The maximum Gasteiger partial charge on any atom is 0.316 e. The van der Waals surface area contributed by atoms with Gasteiger partial charge in [0, 0.05) is 25.7 Å². The molecular weight excluding hydrogens is 528 g/mol. The highest BCUT2D eigenvalue weighted by atomic mass is 16.7. The summed E-state index contributed by atoms with van der Waals surface area (Å²) in [4.78, 5) is 14.0. The molecule has 12 atom stereocenters. The first-order chi connectivity index (χ1) is 19.5. The summed E-state index contributed by atoms with van der Waals surface area (Å²) < 4.78 is 31.7. The molecule has 0 amide bonds. The molecule has 1 spiro atoms. The van der Waals surface area contributed by atoms with E-state index in [2.05, 4.69) is 33.8 Å². The lowest BCUT2D eigenvalue weighted by molar-refractivity contribution is -0.336. The fraction of sp³-hybridized carbons (Fsp3) is 0.781. The molecule has 6 rings (SSSR count). The largest absolute Gasteiger partial charge is 0.462 e. The minimum absolute atomic E-state index is 0.0505. The number of aliphatic hydroxyl groups is 3. The van der Waals surface area contributed by atoms with E-state index < -0.39 is 48.2 Å². The number of carbonyl (C=O) groups excluding carboxylic acids is 1. The van der Waals surface area contributed by atoms with Crippen molar-refractivity contribution in [2.24, 2.45) is 17.8 Å². The Bertz CT molecular complexity index is 1120. The highest BCUT2D eigenvalue weighted by Crippen LogP contribution is 2.50. The molecule has 228 valence electrons. The zero-order valence-electron chi connectivity index (χ0n) is 24.7. The topological polar surface area (TPSA) is 127 Å². The van der Waals surface area contributed by atoms with Crippen LogP contribution in [0.4, 0.5) is 0 Å². The number of fused-ring (bicyclic) bond motifs is 3. The molecule has 0 aromatic heterocycles. The Kier molecular flexibility index (Phi) is 7.80. The van der Waals surface area contributed by atoms with Crippen molar-refractivity contribution in [3.8, 4) is 0 Å². The monoisotopic (exact) mass is 574 g/mol. The number of epoxide rings is 1. The average molecular weight is 575 g/mol. The van der Waals surface area contributed by atoms with Gasteiger partial charge in [-0.05, 0) is 49.2 Å². The van der Waals surface area contributed by atoms with Gasteiger partial charge in [0.05, 0.1) is 37.1 Å². The number of rotatable bonds is 2. The van der Waals surface area contributed by atoms with E-state index in [1.54, 1.807) is 6.08 Å². The predicted molar refractivity (Wildman–Crippen MR) is 149 cm³/mol. The Hall–Kier alpha value is -1.59. The molecule has 5 heterocycles. The van der Waals surface area contributed by atoms with Crippen LogP contribution in [-0.2, 0) is 28.5 Å². The van der Waals surface area contributed by atoms with Gasteiger partial charge in [-0.15, -0.1) is 0 Å². The normalized spacial score (nSPS) is 52.0. The van der Waals surface area contributed by atoms with Crippen molar-refractivity contribution < 1.29 is 43.8 Å². The summed E-state index contributed by atoms with van der Waals surface area (Å²) in [6.45, 7) is 8.21. The third-order valence-corrected chi connectivity index (χ3v) is 10.4. The summed E-state index contributed by atoms with van der Waals surface area (Å²) in [7, 11) is 0. The van der Waals surface area contributed by atoms with Gasteiger partial charge in [0.25, 0.3) is 0 Å². The second-order valence-electron chi connectivity index (χ2n) is 13.5. The molecule has 9 heteroatoms. The Morgan fingerprint density at radius 3 is 2.66 bits per heavy atom. The lowest BCUT2D eigenvalue weighted by atomic mass is 9.70. The molecule has 3 N–H and O–H groups in total. The van der Waals surface area contributed by atoms with Gasteiger partial charge >= 0.3 is 5.97 Å². The molecule has 41 heavy (non-hydrogen) atoms. The second kappa shape index (κ2) is 10.8. The Balaban J connectivity index is 1.36. The van der Waals surface area contributed by atoms with Crippen LogP contribution < -0.4 is 0 Å². The van der Waals surface area contributed by atoms with E-state index in [4.69, 9.17) is 23.7 Å². The summed E-state index contributed by atoms with van der Waals surface area (Å²) in [6, 6.07) is 0. The number of ether oxygens (including phenoxy) is 5. The molecule has 0 aromatic carbocycles. The number of esters is 1. The summed E-state index contributed by atoms with van der Waals surface area (Å²) in [5, 5.41) is 33.0. The van der Waals surface area contributed by atoms with Crippen LogP contribution in [-0.4, -0.2) is 88.1 Å². The van der Waals surface area contributed by atoms with Gasteiger partial charge in [-0.1, -0.05) is 45.1 Å². The molecule has 1 unspecified atom stereocenters. The van der Waals surface area contributed by atoms with E-state index in [0.717, 1.165) is 25.7 Å². The van der Waals surface area contributed by atoms with E-state index in [1.165, 1.54) is 6.08 Å². The Morgan fingerprint density at radius 1 is 1.10 bits per heavy atom. The van der Waals surface area contributed by atoms with Crippen molar-refractivity contribution in [3.63, 3.8) is 0 Å². The SMILES string of the molecule is CCC1O[C@]2(CC[C@@H]1C)C[C@@H]1C[C@@H](C[C@H]3O[C@@]3(C)C[C@@H](C)/C=C/C=C3\CO[C@@H]4[C@H](O)C(CO)=C[C@@H](C(=O)O1)[C@]34O)O2. The molecule has 9 nitrogen and oxygen atoms in total. The second-order valence-corrected chi connectivity index (χ2v) is 13.5. The summed E-state index contributed by atoms with van der Waals surface area (Å²) >= 11 is 0. The molecule has 2 bridgehead atoms. The minimum atomic E-state index is -1.80. The third-order valence-electron chi connectivity index (χ3n) is 10.4. The first-order valence-corrected chi connectivity index (χ1v) is 15.5. The zero-order valence-corrected chi connectivity index (χ0v) is 24.7. The number of carbonyl (C=O) groups is 1. The predicted octanol–water partition coefficient (Wildman–Crippen LogP) is 3.11. The van der Waals surface area contributed by atoms with Gasteiger partial charge in [0.15, 0.2) is 5.79 Å². The van der Waals surface area contributed by atoms with E-state index in [9.17, 15) is 20.1 Å². The number of hydrogen-bond donors (Lipinski definition) is 3. The maximum atomic E-state index is 14.0. The summed E-state index contributed by atoms with van der Waals surface area (Å²) in [6.07, 6.45) is 9.26. The van der Waals surface area contributed by atoms with Crippen LogP contribution in [0.25, 0.3) is 0 Å². The molecule has 6 aliphatic rings. The van der Waals surface area contributed by atoms with Gasteiger partial charge in [-0.25, -0.2) is 0 Å². The van der Waals surface area contributed by atoms with Crippen LogP contribution in [0.5, 0.6) is 0 Å². The first-order valence-electron chi connectivity index (χ1n) is 15.5. The third kappa shape index (κ3) is 5.26. The lowest BCUT2D eigenvalue weighted by Crippen LogP contribution is -2.58. The molecule has 0 aromatic rings. The van der Waals surface area contributed by atoms with E-state index in [1.807, 2.05) is 6.08 Å². The highest BCUT2D eigenvalue weighted by molar-refractivity contribution is 5.78. The van der Waals surface area contributed by atoms with Crippen LogP contribution >= 0.6 is 0 Å². The van der Waals surface area contributed by atoms with Gasteiger partial charge < -0.3 is 39.0 Å². The van der Waals surface area contributed by atoms with Gasteiger partial charge in [0.2, 0.25) is 0 Å². The lowest BCUT2D eigenvalue weighted by Gasteiger charge is -2.50. The smallest absolute Gasteiger partial charge is 0.316 e. The molecule has 5 aliphatic heterocycles. The molecule has 0 radical (unpaired) electrons. The zero-order chi connectivity index (χ0) is 29.2. The van der Waals surface area contributed by atoms with Crippen LogP contribution in [0.3, 0.4) is 0 Å². The maximum absolute atomic E-state index is 14.0. The summed E-state index contributed by atoms with van der Waals surface area (Å²) in [5.74, 6) is -1.97. The first kappa shape index (κ1) is 29.5. The highest BCUT2D eigenvalue weighted by Gasteiger charge is 2.61. The van der Waals surface area contributed by atoms with Crippen molar-refractivity contribution in [2.45, 2.75) is 126 Å². The van der Waals surface area contributed by atoms with Crippen LogP contribution in [0.2, 0.25) is 0 Å².